The summed E-state index contributed by atoms with van der Waals surface area (Å²) in [6.07, 6.45) is 1.17. The molecule has 0 fully saturated rings. The van der Waals surface area contributed by atoms with E-state index >= 15 is 0 Å². The molecular formula is C21H20O6. The fraction of sp³-hybridized carbons (Fsp3) is 0.238. The van der Waals surface area contributed by atoms with Crippen LogP contribution < -0.4 is 14.9 Å². The highest BCUT2D eigenvalue weighted by Crippen LogP contribution is 2.30. The first kappa shape index (κ1) is 18.5. The number of carboxylic acids is 1. The molecule has 3 aromatic rings. The number of benzene rings is 2. The lowest BCUT2D eigenvalue weighted by molar-refractivity contribution is -0.137. The van der Waals surface area contributed by atoms with Crippen LogP contribution in [0.15, 0.2) is 57.9 Å². The van der Waals surface area contributed by atoms with E-state index < -0.39 is 5.97 Å². The lowest BCUT2D eigenvalue weighted by Gasteiger charge is -2.13. The summed E-state index contributed by atoms with van der Waals surface area (Å²) >= 11 is 0. The Morgan fingerprint density at radius 3 is 2.67 bits per heavy atom. The zero-order valence-electron chi connectivity index (χ0n) is 15.1. The van der Waals surface area contributed by atoms with Crippen molar-refractivity contribution >= 4 is 16.9 Å². The first-order valence-electron chi connectivity index (χ1n) is 8.62. The van der Waals surface area contributed by atoms with Crippen LogP contribution in [0.4, 0.5) is 0 Å². The molecule has 0 aliphatic rings. The van der Waals surface area contributed by atoms with Crippen molar-refractivity contribution in [3.8, 4) is 17.2 Å². The van der Waals surface area contributed by atoms with E-state index in [4.69, 9.17) is 19.0 Å². The fourth-order valence-electron chi connectivity index (χ4n) is 2.68. The van der Waals surface area contributed by atoms with Gasteiger partial charge in [0.05, 0.1) is 18.4 Å². The highest BCUT2D eigenvalue weighted by molar-refractivity contribution is 5.79. The number of aliphatic carboxylic acids is 1. The number of hydrogen-bond acceptors (Lipinski definition) is 5. The summed E-state index contributed by atoms with van der Waals surface area (Å²) < 4.78 is 16.7. The van der Waals surface area contributed by atoms with Crippen molar-refractivity contribution in [2.45, 2.75) is 26.2 Å². The smallest absolute Gasteiger partial charge is 0.306 e. The van der Waals surface area contributed by atoms with E-state index in [0.29, 0.717) is 22.5 Å². The first-order valence-corrected chi connectivity index (χ1v) is 8.62. The average molecular weight is 368 g/mol. The van der Waals surface area contributed by atoms with Crippen molar-refractivity contribution in [1.82, 2.24) is 0 Å². The van der Waals surface area contributed by atoms with Crippen LogP contribution in [0.5, 0.6) is 17.2 Å². The summed E-state index contributed by atoms with van der Waals surface area (Å²) in [6.45, 7) is 4.14. The van der Waals surface area contributed by atoms with Gasteiger partial charge in [-0.2, -0.15) is 0 Å². The number of carbonyl (C=O) groups is 1. The van der Waals surface area contributed by atoms with Crippen molar-refractivity contribution in [2.24, 2.45) is 0 Å². The Balaban J connectivity index is 1.88. The lowest BCUT2D eigenvalue weighted by atomic mass is 10.0. The molecule has 0 atom stereocenters. The molecule has 1 heterocycles. The molecule has 140 valence electrons. The van der Waals surface area contributed by atoms with Crippen LogP contribution in [0, 0.1) is 0 Å². The Morgan fingerprint density at radius 2 is 1.93 bits per heavy atom. The third kappa shape index (κ3) is 4.28. The Bertz CT molecular complexity index is 1020. The van der Waals surface area contributed by atoms with Gasteiger partial charge in [0.2, 0.25) is 11.2 Å². The van der Waals surface area contributed by atoms with E-state index in [9.17, 15) is 9.59 Å². The topological polar surface area (TPSA) is 86.0 Å². The number of carboxylic acid groups (broad SMARTS) is 1. The highest BCUT2D eigenvalue weighted by Gasteiger charge is 2.13. The summed E-state index contributed by atoms with van der Waals surface area (Å²) in [6, 6.07) is 12.3. The zero-order chi connectivity index (χ0) is 19.4. The summed E-state index contributed by atoms with van der Waals surface area (Å²) in [5.41, 5.74) is 1.06. The van der Waals surface area contributed by atoms with Crippen molar-refractivity contribution in [3.05, 3.63) is 64.5 Å². The summed E-state index contributed by atoms with van der Waals surface area (Å²) in [5.74, 6) is 0.471. The molecule has 1 N–H and O–H groups in total. The van der Waals surface area contributed by atoms with Crippen LogP contribution in [0.2, 0.25) is 0 Å². The van der Waals surface area contributed by atoms with Gasteiger partial charge >= 0.3 is 5.97 Å². The van der Waals surface area contributed by atoms with Gasteiger partial charge in [0, 0.05) is 6.07 Å². The standard InChI is InChI=1S/C21H20O6/c1-13(2)15-5-3-4-6-17(15)27-19-12-26-18-11-14(25-10-9-20(22)23)7-8-16(18)21(19)24/h3-8,11-13H,9-10H2,1-2H3,(H,22,23). The predicted octanol–water partition coefficient (Wildman–Crippen LogP) is 4.56. The molecule has 0 spiro atoms. The molecule has 0 aliphatic carbocycles. The minimum atomic E-state index is -0.939. The second-order valence-electron chi connectivity index (χ2n) is 6.37. The molecular weight excluding hydrogens is 348 g/mol. The van der Waals surface area contributed by atoms with E-state index in [1.165, 1.54) is 6.26 Å². The molecule has 0 saturated heterocycles. The Labute approximate surface area is 156 Å². The van der Waals surface area contributed by atoms with Crippen molar-refractivity contribution in [3.63, 3.8) is 0 Å². The van der Waals surface area contributed by atoms with Gasteiger partial charge in [0.15, 0.2) is 0 Å². The van der Waals surface area contributed by atoms with E-state index in [2.05, 4.69) is 13.8 Å². The fourth-order valence-corrected chi connectivity index (χ4v) is 2.68. The molecule has 6 nitrogen and oxygen atoms in total. The monoisotopic (exact) mass is 368 g/mol. The average Bonchev–Trinajstić information content (AvgIpc) is 2.64. The van der Waals surface area contributed by atoms with Crippen LogP contribution in [0.3, 0.4) is 0 Å². The summed E-state index contributed by atoms with van der Waals surface area (Å²) in [5, 5.41) is 9.01. The Hall–Kier alpha value is -3.28. The molecule has 1 aromatic heterocycles. The van der Waals surface area contributed by atoms with Gasteiger partial charge in [0.25, 0.3) is 0 Å². The van der Waals surface area contributed by atoms with Crippen molar-refractivity contribution in [1.29, 1.82) is 0 Å². The summed E-state index contributed by atoms with van der Waals surface area (Å²) in [4.78, 5) is 23.3. The number of rotatable bonds is 7. The maximum Gasteiger partial charge on any atom is 0.306 e. The third-order valence-corrected chi connectivity index (χ3v) is 4.06. The van der Waals surface area contributed by atoms with Crippen LogP contribution >= 0.6 is 0 Å². The lowest BCUT2D eigenvalue weighted by Crippen LogP contribution is -2.07. The molecule has 0 saturated carbocycles. The van der Waals surface area contributed by atoms with Gasteiger partial charge in [0.1, 0.15) is 23.3 Å². The minimum absolute atomic E-state index is 0.0399. The van der Waals surface area contributed by atoms with Gasteiger partial charge in [-0.15, -0.1) is 0 Å². The van der Waals surface area contributed by atoms with Gasteiger partial charge in [-0.3, -0.25) is 9.59 Å². The number of ether oxygens (including phenoxy) is 2. The van der Waals surface area contributed by atoms with Crippen LogP contribution in [-0.4, -0.2) is 17.7 Å². The highest BCUT2D eigenvalue weighted by atomic mass is 16.5. The molecule has 0 aliphatic heterocycles. The molecule has 0 amide bonds. The van der Waals surface area contributed by atoms with Gasteiger partial charge in [-0.1, -0.05) is 32.0 Å². The predicted molar refractivity (Wildman–Crippen MR) is 101 cm³/mol. The molecule has 27 heavy (non-hydrogen) atoms. The first-order chi connectivity index (χ1) is 13.0. The number of para-hydroxylation sites is 1. The molecule has 0 radical (unpaired) electrons. The van der Waals surface area contributed by atoms with Crippen molar-refractivity contribution in [2.75, 3.05) is 6.61 Å². The van der Waals surface area contributed by atoms with E-state index in [-0.39, 0.29) is 30.1 Å². The molecule has 0 bridgehead atoms. The Morgan fingerprint density at radius 1 is 1.15 bits per heavy atom. The van der Waals surface area contributed by atoms with Gasteiger partial charge < -0.3 is 19.0 Å². The molecule has 6 heteroatoms. The maximum atomic E-state index is 12.7. The van der Waals surface area contributed by atoms with E-state index in [0.717, 1.165) is 5.56 Å². The van der Waals surface area contributed by atoms with Crippen LogP contribution in [0.25, 0.3) is 11.0 Å². The second kappa shape index (κ2) is 7.95. The third-order valence-electron chi connectivity index (χ3n) is 4.06. The van der Waals surface area contributed by atoms with Crippen molar-refractivity contribution < 1.29 is 23.8 Å². The van der Waals surface area contributed by atoms with Crippen LogP contribution in [-0.2, 0) is 4.79 Å². The van der Waals surface area contributed by atoms with Gasteiger partial charge in [-0.05, 0) is 29.7 Å². The quantitative estimate of drug-likeness (QED) is 0.658. The molecule has 2 aromatic carbocycles. The SMILES string of the molecule is CC(C)c1ccccc1Oc1coc2cc(OCCC(=O)O)ccc2c1=O. The molecule has 0 unspecified atom stereocenters. The summed E-state index contributed by atoms with van der Waals surface area (Å²) in [7, 11) is 0. The van der Waals surface area contributed by atoms with Gasteiger partial charge in [-0.25, -0.2) is 0 Å². The normalized spacial score (nSPS) is 10.9. The minimum Gasteiger partial charge on any atom is -0.493 e. The van der Waals surface area contributed by atoms with Crippen LogP contribution in [0.1, 0.15) is 31.7 Å². The number of fused-ring (bicyclic) bond motifs is 1. The van der Waals surface area contributed by atoms with E-state index in [1.807, 2.05) is 24.3 Å². The maximum absolute atomic E-state index is 12.7. The number of hydrogen-bond donors (Lipinski definition) is 1. The largest absolute Gasteiger partial charge is 0.493 e. The molecule has 3 rings (SSSR count). The zero-order valence-corrected chi connectivity index (χ0v) is 15.1. The van der Waals surface area contributed by atoms with E-state index in [1.54, 1.807) is 18.2 Å². The second-order valence-corrected chi connectivity index (χ2v) is 6.37. The Kier molecular flexibility index (Phi) is 5.45.